The summed E-state index contributed by atoms with van der Waals surface area (Å²) in [5, 5.41) is 9.25. The van der Waals surface area contributed by atoms with Crippen molar-refractivity contribution in [2.75, 3.05) is 0 Å². The molecule has 0 bridgehead atoms. The molecule has 0 heterocycles. The van der Waals surface area contributed by atoms with E-state index in [2.05, 4.69) is 22.0 Å². The summed E-state index contributed by atoms with van der Waals surface area (Å²) in [4.78, 5) is 13.1. The number of carbonyl (C=O) groups is 1. The molecular weight excluding hydrogens is 324 g/mol. The zero-order valence-corrected chi connectivity index (χ0v) is 13.0. The quantitative estimate of drug-likeness (QED) is 0.864. The van der Waals surface area contributed by atoms with Gasteiger partial charge < -0.3 is 5.11 Å². The van der Waals surface area contributed by atoms with Crippen LogP contribution in [0.4, 0.5) is 0 Å². The Morgan fingerprint density at radius 1 is 1.11 bits per heavy atom. The van der Waals surface area contributed by atoms with Crippen LogP contribution in [-0.4, -0.2) is 11.1 Å². The van der Waals surface area contributed by atoms with Crippen LogP contribution in [0.15, 0.2) is 50.7 Å². The number of halogens is 1. The average molecular weight is 337 g/mol. The van der Waals surface area contributed by atoms with Crippen molar-refractivity contribution in [3.05, 3.63) is 57.6 Å². The smallest absolute Gasteiger partial charge is 0.336 e. The molecule has 19 heavy (non-hydrogen) atoms. The van der Waals surface area contributed by atoms with E-state index < -0.39 is 5.97 Å². The molecule has 2 aromatic carbocycles. The fraction of sp³-hybridized carbons (Fsp3) is 0.133. The van der Waals surface area contributed by atoms with Crippen molar-refractivity contribution in [1.82, 2.24) is 0 Å². The second-order valence-corrected chi connectivity index (χ2v) is 6.32. The van der Waals surface area contributed by atoms with Crippen LogP contribution in [0, 0.1) is 13.8 Å². The lowest BCUT2D eigenvalue weighted by Gasteiger charge is -2.09. The van der Waals surface area contributed by atoms with Crippen molar-refractivity contribution in [3.63, 3.8) is 0 Å². The number of hydrogen-bond donors (Lipinski definition) is 1. The number of hydrogen-bond acceptors (Lipinski definition) is 2. The normalized spacial score (nSPS) is 10.5. The minimum Gasteiger partial charge on any atom is -0.478 e. The molecule has 0 aliphatic heterocycles. The summed E-state index contributed by atoms with van der Waals surface area (Å²) in [5.74, 6) is -0.909. The molecule has 4 heteroatoms. The molecule has 0 saturated carbocycles. The fourth-order valence-corrected chi connectivity index (χ4v) is 3.14. The Morgan fingerprint density at radius 3 is 2.42 bits per heavy atom. The van der Waals surface area contributed by atoms with Gasteiger partial charge in [-0.3, -0.25) is 0 Å². The Hall–Kier alpha value is -1.26. The van der Waals surface area contributed by atoms with E-state index in [4.69, 9.17) is 0 Å². The highest BCUT2D eigenvalue weighted by Gasteiger charge is 2.12. The van der Waals surface area contributed by atoms with Gasteiger partial charge in [-0.1, -0.05) is 45.4 Å². The van der Waals surface area contributed by atoms with Crippen molar-refractivity contribution < 1.29 is 9.90 Å². The summed E-state index contributed by atoms with van der Waals surface area (Å²) in [7, 11) is 0. The van der Waals surface area contributed by atoms with Gasteiger partial charge >= 0.3 is 5.97 Å². The zero-order chi connectivity index (χ0) is 14.0. The largest absolute Gasteiger partial charge is 0.478 e. The van der Waals surface area contributed by atoms with Gasteiger partial charge in [0, 0.05) is 14.3 Å². The molecule has 0 saturated heterocycles. The van der Waals surface area contributed by atoms with E-state index in [1.165, 1.54) is 17.3 Å². The van der Waals surface area contributed by atoms with E-state index in [-0.39, 0.29) is 0 Å². The topological polar surface area (TPSA) is 37.3 Å². The van der Waals surface area contributed by atoms with Crippen LogP contribution in [0.5, 0.6) is 0 Å². The molecule has 98 valence electrons. The highest BCUT2D eigenvalue weighted by molar-refractivity contribution is 9.10. The molecule has 0 unspecified atom stereocenters. The van der Waals surface area contributed by atoms with E-state index >= 15 is 0 Å². The fourth-order valence-electron chi connectivity index (χ4n) is 1.79. The van der Waals surface area contributed by atoms with Crippen molar-refractivity contribution in [3.8, 4) is 0 Å². The monoisotopic (exact) mass is 336 g/mol. The van der Waals surface area contributed by atoms with Crippen LogP contribution in [0.25, 0.3) is 0 Å². The number of carboxylic acids is 1. The van der Waals surface area contributed by atoms with Crippen LogP contribution in [0.1, 0.15) is 21.5 Å². The maximum Gasteiger partial charge on any atom is 0.336 e. The minimum absolute atomic E-state index is 0.319. The standard InChI is InChI=1S/C15H13BrO2S/c1-9-3-5-13(10(2)7-9)19-14-6-4-11(16)8-12(14)15(17)18/h3-8H,1-2H3,(H,17,18). The van der Waals surface area contributed by atoms with Crippen LogP contribution in [0.2, 0.25) is 0 Å². The predicted molar refractivity (Wildman–Crippen MR) is 81.1 cm³/mol. The van der Waals surface area contributed by atoms with Crippen molar-refractivity contribution in [2.45, 2.75) is 23.6 Å². The van der Waals surface area contributed by atoms with Gasteiger partial charge in [-0.25, -0.2) is 4.79 Å². The Labute approximate surface area is 125 Å². The molecule has 0 aromatic heterocycles. The number of rotatable bonds is 3. The first-order valence-corrected chi connectivity index (χ1v) is 7.36. The predicted octanol–water partition coefficient (Wildman–Crippen LogP) is 4.92. The first-order chi connectivity index (χ1) is 8.97. The van der Waals surface area contributed by atoms with E-state index in [1.807, 2.05) is 38.1 Å². The third kappa shape index (κ3) is 3.39. The molecule has 0 fully saturated rings. The lowest BCUT2D eigenvalue weighted by Crippen LogP contribution is -1.98. The van der Waals surface area contributed by atoms with E-state index in [0.717, 1.165) is 19.8 Å². The molecule has 0 atom stereocenters. The third-order valence-electron chi connectivity index (χ3n) is 2.72. The van der Waals surface area contributed by atoms with Crippen molar-refractivity contribution >= 4 is 33.7 Å². The minimum atomic E-state index is -0.909. The van der Waals surface area contributed by atoms with Gasteiger partial charge in [0.2, 0.25) is 0 Å². The average Bonchev–Trinajstić information content (AvgIpc) is 2.34. The summed E-state index contributed by atoms with van der Waals surface area (Å²) < 4.78 is 0.773. The van der Waals surface area contributed by atoms with Crippen LogP contribution in [0.3, 0.4) is 0 Å². The summed E-state index contributed by atoms with van der Waals surface area (Å²) >= 11 is 4.79. The SMILES string of the molecule is Cc1ccc(Sc2ccc(Br)cc2C(=O)O)c(C)c1. The third-order valence-corrected chi connectivity index (χ3v) is 4.47. The van der Waals surface area contributed by atoms with Crippen molar-refractivity contribution in [2.24, 2.45) is 0 Å². The number of carboxylic acid groups (broad SMARTS) is 1. The molecule has 2 nitrogen and oxygen atoms in total. The molecule has 1 N–H and O–H groups in total. The summed E-state index contributed by atoms with van der Waals surface area (Å²) in [6.07, 6.45) is 0. The first kappa shape index (κ1) is 14.2. The molecule has 0 spiro atoms. The molecule has 0 radical (unpaired) electrons. The number of aromatic carboxylic acids is 1. The van der Waals surface area contributed by atoms with E-state index in [1.54, 1.807) is 6.07 Å². The van der Waals surface area contributed by atoms with Crippen LogP contribution in [-0.2, 0) is 0 Å². The van der Waals surface area contributed by atoms with Gasteiger partial charge in [0.25, 0.3) is 0 Å². The van der Waals surface area contributed by atoms with Gasteiger partial charge in [0.1, 0.15) is 0 Å². The van der Waals surface area contributed by atoms with Crippen LogP contribution < -0.4 is 0 Å². The molecular formula is C15H13BrO2S. The lowest BCUT2D eigenvalue weighted by molar-refractivity contribution is 0.0693. The van der Waals surface area contributed by atoms with Gasteiger partial charge in [-0.2, -0.15) is 0 Å². The van der Waals surface area contributed by atoms with E-state index in [0.29, 0.717) is 5.56 Å². The number of benzene rings is 2. The summed E-state index contributed by atoms with van der Waals surface area (Å²) in [6, 6.07) is 11.5. The molecule has 0 aliphatic carbocycles. The molecule has 2 aromatic rings. The molecule has 0 aliphatic rings. The maximum atomic E-state index is 11.3. The molecule has 0 amide bonds. The first-order valence-electron chi connectivity index (χ1n) is 5.75. The Balaban J connectivity index is 2.40. The van der Waals surface area contributed by atoms with Crippen LogP contribution >= 0.6 is 27.7 Å². The van der Waals surface area contributed by atoms with Gasteiger partial charge in [0.15, 0.2) is 0 Å². The Morgan fingerprint density at radius 2 is 1.79 bits per heavy atom. The summed E-state index contributed by atoms with van der Waals surface area (Å²) in [5.41, 5.74) is 2.68. The highest BCUT2D eigenvalue weighted by Crippen LogP contribution is 2.34. The highest BCUT2D eigenvalue weighted by atomic mass is 79.9. The van der Waals surface area contributed by atoms with E-state index in [9.17, 15) is 9.90 Å². The van der Waals surface area contributed by atoms with Crippen molar-refractivity contribution in [1.29, 1.82) is 0 Å². The van der Waals surface area contributed by atoms with Gasteiger partial charge in [0.05, 0.1) is 5.56 Å². The Bertz CT molecular complexity index is 638. The summed E-state index contributed by atoms with van der Waals surface area (Å²) in [6.45, 7) is 4.08. The van der Waals surface area contributed by atoms with Gasteiger partial charge in [-0.15, -0.1) is 0 Å². The Kier molecular flexibility index (Phi) is 4.32. The zero-order valence-electron chi connectivity index (χ0n) is 10.6. The second kappa shape index (κ2) is 5.80. The van der Waals surface area contributed by atoms with Gasteiger partial charge in [-0.05, 0) is 43.7 Å². The second-order valence-electron chi connectivity index (χ2n) is 4.32. The lowest BCUT2D eigenvalue weighted by atomic mass is 10.2. The molecule has 2 rings (SSSR count). The maximum absolute atomic E-state index is 11.3. The number of aryl methyl sites for hydroxylation is 2.